The number of aromatic amines is 1. The number of hydrogen-bond acceptors (Lipinski definition) is 5. The summed E-state index contributed by atoms with van der Waals surface area (Å²) in [7, 11) is 0. The highest BCUT2D eigenvalue weighted by molar-refractivity contribution is 5.88. The third-order valence-corrected chi connectivity index (χ3v) is 4.05. The molecule has 1 atom stereocenters. The molecule has 3 heterocycles. The van der Waals surface area contributed by atoms with Gasteiger partial charge in [-0.1, -0.05) is 12.1 Å². The van der Waals surface area contributed by atoms with E-state index in [1.54, 1.807) is 0 Å². The Morgan fingerprint density at radius 2 is 2.04 bits per heavy atom. The van der Waals surface area contributed by atoms with Crippen LogP contribution in [0.15, 0.2) is 48.8 Å². The molecule has 1 aromatic carbocycles. The fraction of sp³-hybridized carbons (Fsp3) is 0.278. The summed E-state index contributed by atoms with van der Waals surface area (Å²) in [4.78, 5) is 16.3. The van der Waals surface area contributed by atoms with Crippen LogP contribution < -0.4 is 14.8 Å². The summed E-state index contributed by atoms with van der Waals surface area (Å²) < 4.78 is 13.6. The van der Waals surface area contributed by atoms with Gasteiger partial charge < -0.3 is 14.0 Å². The van der Waals surface area contributed by atoms with Gasteiger partial charge in [0.05, 0.1) is 0 Å². The Morgan fingerprint density at radius 3 is 2.88 bits per heavy atom. The molecule has 0 spiro atoms. The zero-order chi connectivity index (χ0) is 17.8. The van der Waals surface area contributed by atoms with Crippen molar-refractivity contribution in [1.29, 1.82) is 0 Å². The summed E-state index contributed by atoms with van der Waals surface area (Å²) in [5.74, 6) is 2.01. The minimum atomic E-state index is -0.392. The number of aromatic nitrogens is 4. The summed E-state index contributed by atoms with van der Waals surface area (Å²) in [5.41, 5.74) is 0. The van der Waals surface area contributed by atoms with Gasteiger partial charge >= 0.3 is 0 Å². The summed E-state index contributed by atoms with van der Waals surface area (Å²) >= 11 is 0. The van der Waals surface area contributed by atoms with E-state index in [1.807, 2.05) is 53.4 Å². The van der Waals surface area contributed by atoms with Gasteiger partial charge in [0.25, 0.3) is 0 Å². The molecule has 0 fully saturated rings. The minimum absolute atomic E-state index is 0.117. The third kappa shape index (κ3) is 3.69. The van der Waals surface area contributed by atoms with Gasteiger partial charge in [0, 0.05) is 25.4 Å². The van der Waals surface area contributed by atoms with Crippen LogP contribution in [-0.4, -0.2) is 32.3 Å². The van der Waals surface area contributed by atoms with Crippen LogP contribution in [0.4, 0.5) is 5.95 Å². The number of carbonyl (C=O) groups excluding carboxylic acids is 1. The predicted molar refractivity (Wildman–Crippen MR) is 94.0 cm³/mol. The second kappa shape index (κ2) is 7.30. The number of nitrogens with zero attached hydrogens (tertiary/aromatic N) is 3. The maximum absolute atomic E-state index is 12.0. The summed E-state index contributed by atoms with van der Waals surface area (Å²) in [6, 6.07) is 11.4. The van der Waals surface area contributed by atoms with E-state index in [2.05, 4.69) is 20.5 Å². The largest absolute Gasteiger partial charge is 0.485 e. The molecule has 26 heavy (non-hydrogen) atoms. The second-order valence-corrected chi connectivity index (χ2v) is 5.98. The first-order valence-electron chi connectivity index (χ1n) is 8.49. The van der Waals surface area contributed by atoms with Gasteiger partial charge in [0.15, 0.2) is 23.4 Å². The SMILES string of the molecule is O=C(CCCn1cccc1)Nc1n[nH]c(C2COc3ccccc3O2)n1. The van der Waals surface area contributed by atoms with Crippen molar-refractivity contribution in [2.45, 2.75) is 25.5 Å². The third-order valence-electron chi connectivity index (χ3n) is 4.05. The molecular formula is C18H19N5O3. The number of carbonyl (C=O) groups is 1. The number of aryl methyl sites for hydroxylation is 1. The number of fused-ring (bicyclic) bond motifs is 1. The van der Waals surface area contributed by atoms with Crippen molar-refractivity contribution >= 4 is 11.9 Å². The molecule has 2 N–H and O–H groups in total. The maximum atomic E-state index is 12.0. The maximum Gasteiger partial charge on any atom is 0.248 e. The monoisotopic (exact) mass is 353 g/mol. The molecular weight excluding hydrogens is 334 g/mol. The van der Waals surface area contributed by atoms with Gasteiger partial charge in [-0.05, 0) is 30.7 Å². The molecule has 1 aliphatic heterocycles. The van der Waals surface area contributed by atoms with Crippen LogP contribution in [-0.2, 0) is 11.3 Å². The summed E-state index contributed by atoms with van der Waals surface area (Å²) in [6.45, 7) is 1.13. The first kappa shape index (κ1) is 16.2. The zero-order valence-corrected chi connectivity index (χ0v) is 14.1. The number of anilines is 1. The van der Waals surface area contributed by atoms with Crippen LogP contribution in [0.3, 0.4) is 0 Å². The summed E-state index contributed by atoms with van der Waals surface area (Å²) in [5, 5.41) is 9.54. The highest BCUT2D eigenvalue weighted by Gasteiger charge is 2.25. The molecule has 4 rings (SSSR count). The molecule has 3 aromatic rings. The molecule has 134 valence electrons. The van der Waals surface area contributed by atoms with Gasteiger partial charge in [-0.2, -0.15) is 4.98 Å². The van der Waals surface area contributed by atoms with Crippen LogP contribution in [0.2, 0.25) is 0 Å². The molecule has 0 saturated heterocycles. The average molecular weight is 353 g/mol. The fourth-order valence-corrected chi connectivity index (χ4v) is 2.76. The van der Waals surface area contributed by atoms with Gasteiger partial charge in [-0.15, -0.1) is 5.10 Å². The van der Waals surface area contributed by atoms with Crippen molar-refractivity contribution in [3.8, 4) is 11.5 Å². The average Bonchev–Trinajstić information content (AvgIpc) is 3.33. The van der Waals surface area contributed by atoms with E-state index in [0.717, 1.165) is 13.0 Å². The minimum Gasteiger partial charge on any atom is -0.485 e. The van der Waals surface area contributed by atoms with E-state index in [-0.39, 0.29) is 11.9 Å². The smallest absolute Gasteiger partial charge is 0.248 e. The lowest BCUT2D eigenvalue weighted by molar-refractivity contribution is -0.116. The van der Waals surface area contributed by atoms with E-state index in [4.69, 9.17) is 9.47 Å². The Labute approximate surface area is 150 Å². The van der Waals surface area contributed by atoms with E-state index in [0.29, 0.717) is 30.4 Å². The van der Waals surface area contributed by atoms with Crippen LogP contribution in [0.5, 0.6) is 11.5 Å². The van der Waals surface area contributed by atoms with Crippen LogP contribution in [0, 0.1) is 0 Å². The molecule has 8 heteroatoms. The summed E-state index contributed by atoms with van der Waals surface area (Å²) in [6.07, 6.45) is 4.71. The quantitative estimate of drug-likeness (QED) is 0.710. The highest BCUT2D eigenvalue weighted by atomic mass is 16.6. The Balaban J connectivity index is 1.30. The number of amides is 1. The van der Waals surface area contributed by atoms with Crippen molar-refractivity contribution in [2.24, 2.45) is 0 Å². The van der Waals surface area contributed by atoms with Crippen LogP contribution >= 0.6 is 0 Å². The molecule has 0 radical (unpaired) electrons. The Kier molecular flexibility index (Phi) is 4.55. The van der Waals surface area contributed by atoms with Crippen molar-refractivity contribution in [3.63, 3.8) is 0 Å². The second-order valence-electron chi connectivity index (χ2n) is 5.98. The van der Waals surface area contributed by atoms with Gasteiger partial charge in [0.2, 0.25) is 11.9 Å². The lowest BCUT2D eigenvalue weighted by atomic mass is 10.2. The van der Waals surface area contributed by atoms with E-state index in [1.165, 1.54) is 0 Å². The van der Waals surface area contributed by atoms with Crippen molar-refractivity contribution in [3.05, 3.63) is 54.6 Å². The zero-order valence-electron chi connectivity index (χ0n) is 14.1. The number of rotatable bonds is 6. The van der Waals surface area contributed by atoms with Crippen molar-refractivity contribution in [1.82, 2.24) is 19.7 Å². The molecule has 0 saturated carbocycles. The van der Waals surface area contributed by atoms with Gasteiger partial charge in [-0.3, -0.25) is 15.2 Å². The van der Waals surface area contributed by atoms with Crippen molar-refractivity contribution in [2.75, 3.05) is 11.9 Å². The van der Waals surface area contributed by atoms with E-state index < -0.39 is 6.10 Å². The van der Waals surface area contributed by atoms with Crippen LogP contribution in [0.1, 0.15) is 24.8 Å². The molecule has 1 unspecified atom stereocenters. The lowest BCUT2D eigenvalue weighted by Crippen LogP contribution is -2.22. The van der Waals surface area contributed by atoms with Crippen LogP contribution in [0.25, 0.3) is 0 Å². The number of H-pyrrole nitrogens is 1. The molecule has 2 aromatic heterocycles. The van der Waals surface area contributed by atoms with Gasteiger partial charge in [0.1, 0.15) is 6.61 Å². The molecule has 1 aliphatic rings. The fourth-order valence-electron chi connectivity index (χ4n) is 2.76. The Bertz CT molecular complexity index is 875. The number of benzene rings is 1. The van der Waals surface area contributed by atoms with Gasteiger partial charge in [-0.25, -0.2) is 0 Å². The number of ether oxygens (including phenoxy) is 2. The van der Waals surface area contributed by atoms with Crippen molar-refractivity contribution < 1.29 is 14.3 Å². The number of nitrogens with one attached hydrogen (secondary N) is 2. The topological polar surface area (TPSA) is 94.1 Å². The first-order valence-corrected chi connectivity index (χ1v) is 8.49. The standard InChI is InChI=1S/C18H19N5O3/c24-16(8-5-11-23-9-3-4-10-23)19-18-20-17(21-22-18)15-12-25-13-6-1-2-7-14(13)26-15/h1-4,6-7,9-10,15H,5,8,11-12H2,(H2,19,20,21,22,24). The molecule has 8 nitrogen and oxygen atoms in total. The number of hydrogen-bond donors (Lipinski definition) is 2. The lowest BCUT2D eigenvalue weighted by Gasteiger charge is -2.24. The van der Waals surface area contributed by atoms with E-state index in [9.17, 15) is 4.79 Å². The Hall–Kier alpha value is -3.29. The Morgan fingerprint density at radius 1 is 1.23 bits per heavy atom. The molecule has 1 amide bonds. The molecule has 0 bridgehead atoms. The normalized spacial score (nSPS) is 15.6. The van der Waals surface area contributed by atoms with E-state index >= 15 is 0 Å². The molecule has 0 aliphatic carbocycles. The number of para-hydroxylation sites is 2. The predicted octanol–water partition coefficient (Wildman–Crippen LogP) is 2.54. The highest BCUT2D eigenvalue weighted by Crippen LogP contribution is 2.35. The first-order chi connectivity index (χ1) is 12.8.